The third kappa shape index (κ3) is 4.36. The van der Waals surface area contributed by atoms with Gasteiger partial charge in [-0.15, -0.1) is 12.4 Å². The van der Waals surface area contributed by atoms with Gasteiger partial charge in [-0.25, -0.2) is 0 Å². The van der Waals surface area contributed by atoms with Crippen LogP contribution < -0.4 is 5.73 Å². The molecule has 0 aliphatic carbocycles. The average molecular weight is 313 g/mol. The van der Waals surface area contributed by atoms with Crippen molar-refractivity contribution in [1.82, 2.24) is 4.90 Å². The lowest BCUT2D eigenvalue weighted by Crippen LogP contribution is -2.40. The summed E-state index contributed by atoms with van der Waals surface area (Å²) in [5.74, 6) is -0.232. The average Bonchev–Trinajstić information content (AvgIpc) is 2.48. The van der Waals surface area contributed by atoms with Crippen molar-refractivity contribution in [3.05, 3.63) is 29.8 Å². The van der Waals surface area contributed by atoms with E-state index in [1.165, 1.54) is 0 Å². The van der Waals surface area contributed by atoms with Gasteiger partial charge >= 0.3 is 5.97 Å². The second kappa shape index (κ2) is 7.88. The van der Waals surface area contributed by atoms with Crippen LogP contribution in [-0.4, -0.2) is 36.5 Å². The van der Waals surface area contributed by atoms with E-state index in [2.05, 4.69) is 0 Å². The Morgan fingerprint density at radius 2 is 1.81 bits per heavy atom. The van der Waals surface area contributed by atoms with Crippen LogP contribution in [0.25, 0.3) is 0 Å². The van der Waals surface area contributed by atoms with Crippen LogP contribution in [0.4, 0.5) is 5.69 Å². The lowest BCUT2D eigenvalue weighted by Gasteiger charge is -2.31. The summed E-state index contributed by atoms with van der Waals surface area (Å²) in [5, 5.41) is 0. The van der Waals surface area contributed by atoms with Crippen molar-refractivity contribution in [2.45, 2.75) is 19.8 Å². The zero-order valence-corrected chi connectivity index (χ0v) is 12.9. The van der Waals surface area contributed by atoms with Crippen LogP contribution in [0.5, 0.6) is 0 Å². The maximum atomic E-state index is 12.3. The number of esters is 1. The van der Waals surface area contributed by atoms with E-state index in [0.717, 1.165) is 0 Å². The van der Waals surface area contributed by atoms with Gasteiger partial charge in [-0.3, -0.25) is 9.59 Å². The summed E-state index contributed by atoms with van der Waals surface area (Å²) in [4.78, 5) is 25.7. The van der Waals surface area contributed by atoms with Gasteiger partial charge in [0, 0.05) is 24.3 Å². The topological polar surface area (TPSA) is 72.6 Å². The SMILES string of the molecule is CCOC(=O)C1CCN(C(=O)c2ccc(N)cc2)CC1.Cl. The van der Waals surface area contributed by atoms with Gasteiger partial charge in [0.15, 0.2) is 0 Å². The molecule has 0 atom stereocenters. The standard InChI is InChI=1S/C15H20N2O3.ClH/c1-2-20-15(19)12-7-9-17(10-8-12)14(18)11-3-5-13(16)6-4-11;/h3-6,12H,2,7-10,16H2,1H3;1H. The van der Waals surface area contributed by atoms with Gasteiger partial charge in [0.25, 0.3) is 5.91 Å². The monoisotopic (exact) mass is 312 g/mol. The number of nitrogen functional groups attached to an aromatic ring is 1. The highest BCUT2D eigenvalue weighted by molar-refractivity contribution is 5.94. The van der Waals surface area contributed by atoms with E-state index in [9.17, 15) is 9.59 Å². The van der Waals surface area contributed by atoms with Crippen molar-refractivity contribution in [3.63, 3.8) is 0 Å². The molecule has 2 rings (SSSR count). The number of amides is 1. The summed E-state index contributed by atoms with van der Waals surface area (Å²) in [6.07, 6.45) is 1.33. The molecule has 1 aliphatic rings. The normalized spacial score (nSPS) is 15.2. The molecule has 1 aliphatic heterocycles. The number of ether oxygens (including phenoxy) is 1. The predicted octanol–water partition coefficient (Wildman–Crippen LogP) is 2.11. The number of hydrogen-bond acceptors (Lipinski definition) is 4. The van der Waals surface area contributed by atoms with Crippen LogP contribution in [0.3, 0.4) is 0 Å². The van der Waals surface area contributed by atoms with Crippen molar-refractivity contribution in [2.75, 3.05) is 25.4 Å². The molecule has 0 unspecified atom stereocenters. The Hall–Kier alpha value is -1.75. The largest absolute Gasteiger partial charge is 0.466 e. The van der Waals surface area contributed by atoms with Crippen molar-refractivity contribution < 1.29 is 14.3 Å². The number of rotatable bonds is 3. The maximum Gasteiger partial charge on any atom is 0.309 e. The highest BCUT2D eigenvalue weighted by atomic mass is 35.5. The molecule has 0 spiro atoms. The molecule has 1 heterocycles. The lowest BCUT2D eigenvalue weighted by molar-refractivity contribution is -0.149. The van der Waals surface area contributed by atoms with Crippen molar-refractivity contribution >= 4 is 30.0 Å². The summed E-state index contributed by atoms with van der Waals surface area (Å²) in [7, 11) is 0. The van der Waals surface area contributed by atoms with Crippen LogP contribution >= 0.6 is 12.4 Å². The van der Waals surface area contributed by atoms with Crippen molar-refractivity contribution in [3.8, 4) is 0 Å². The number of benzene rings is 1. The summed E-state index contributed by atoms with van der Waals surface area (Å²) >= 11 is 0. The molecule has 1 aromatic carbocycles. The van der Waals surface area contributed by atoms with Gasteiger partial charge in [-0.1, -0.05) is 0 Å². The van der Waals surface area contributed by atoms with Crippen LogP contribution in [-0.2, 0) is 9.53 Å². The van der Waals surface area contributed by atoms with E-state index >= 15 is 0 Å². The Labute approximate surface area is 130 Å². The van der Waals surface area contributed by atoms with Gasteiger partial charge < -0.3 is 15.4 Å². The predicted molar refractivity (Wildman–Crippen MR) is 83.4 cm³/mol. The third-order valence-corrected chi connectivity index (χ3v) is 3.56. The molecule has 0 saturated carbocycles. The first kappa shape index (κ1) is 17.3. The fraction of sp³-hybridized carbons (Fsp3) is 0.467. The zero-order chi connectivity index (χ0) is 14.5. The Bertz CT molecular complexity index is 482. The molecular weight excluding hydrogens is 292 g/mol. The molecule has 116 valence electrons. The van der Waals surface area contributed by atoms with Crippen LogP contribution in [0.2, 0.25) is 0 Å². The number of nitrogens with zero attached hydrogens (tertiary/aromatic N) is 1. The van der Waals surface area contributed by atoms with E-state index < -0.39 is 0 Å². The number of carbonyl (C=O) groups excluding carboxylic acids is 2. The number of carbonyl (C=O) groups is 2. The van der Waals surface area contributed by atoms with Gasteiger partial charge in [-0.05, 0) is 44.0 Å². The number of nitrogens with two attached hydrogens (primary N) is 1. The quantitative estimate of drug-likeness (QED) is 0.685. The molecule has 0 radical (unpaired) electrons. The number of halogens is 1. The Kier molecular flexibility index (Phi) is 6.49. The number of anilines is 1. The van der Waals surface area contributed by atoms with E-state index in [0.29, 0.717) is 43.8 Å². The number of likely N-dealkylation sites (tertiary alicyclic amines) is 1. The molecule has 0 aromatic heterocycles. The number of piperidine rings is 1. The lowest BCUT2D eigenvalue weighted by atomic mass is 9.96. The molecule has 0 bridgehead atoms. The first-order valence-corrected chi connectivity index (χ1v) is 6.93. The van der Waals surface area contributed by atoms with Crippen molar-refractivity contribution in [2.24, 2.45) is 5.92 Å². The van der Waals surface area contributed by atoms with Gasteiger partial charge in [0.1, 0.15) is 0 Å². The molecule has 2 N–H and O–H groups in total. The van der Waals surface area contributed by atoms with Crippen molar-refractivity contribution in [1.29, 1.82) is 0 Å². The highest BCUT2D eigenvalue weighted by Crippen LogP contribution is 2.20. The summed E-state index contributed by atoms with van der Waals surface area (Å²) in [6.45, 7) is 3.39. The molecule has 1 fully saturated rings. The minimum absolute atomic E-state index is 0. The molecular formula is C15H21ClN2O3. The van der Waals surface area contributed by atoms with Crippen LogP contribution in [0.15, 0.2) is 24.3 Å². The molecule has 1 aromatic rings. The van der Waals surface area contributed by atoms with E-state index in [1.807, 2.05) is 0 Å². The van der Waals surface area contributed by atoms with E-state index in [4.69, 9.17) is 10.5 Å². The highest BCUT2D eigenvalue weighted by Gasteiger charge is 2.28. The molecule has 21 heavy (non-hydrogen) atoms. The third-order valence-electron chi connectivity index (χ3n) is 3.56. The Morgan fingerprint density at radius 3 is 2.33 bits per heavy atom. The summed E-state index contributed by atoms with van der Waals surface area (Å²) in [6, 6.07) is 6.90. The zero-order valence-electron chi connectivity index (χ0n) is 12.1. The Morgan fingerprint density at radius 1 is 1.24 bits per heavy atom. The maximum absolute atomic E-state index is 12.3. The fourth-order valence-corrected chi connectivity index (χ4v) is 2.39. The molecule has 6 heteroatoms. The van der Waals surface area contributed by atoms with Gasteiger partial charge in [-0.2, -0.15) is 0 Å². The Balaban J connectivity index is 0.00000220. The summed E-state index contributed by atoms with van der Waals surface area (Å²) < 4.78 is 5.02. The fourth-order valence-electron chi connectivity index (χ4n) is 2.39. The first-order chi connectivity index (χ1) is 9.61. The first-order valence-electron chi connectivity index (χ1n) is 6.93. The molecule has 1 saturated heterocycles. The second-order valence-electron chi connectivity index (χ2n) is 4.94. The molecule has 1 amide bonds. The van der Waals surface area contributed by atoms with E-state index in [-0.39, 0.29) is 30.2 Å². The van der Waals surface area contributed by atoms with Gasteiger partial charge in [0.05, 0.1) is 12.5 Å². The minimum atomic E-state index is -0.146. The smallest absolute Gasteiger partial charge is 0.309 e. The minimum Gasteiger partial charge on any atom is -0.466 e. The van der Waals surface area contributed by atoms with Gasteiger partial charge in [0.2, 0.25) is 0 Å². The van der Waals surface area contributed by atoms with Crippen LogP contribution in [0.1, 0.15) is 30.1 Å². The number of hydrogen-bond donors (Lipinski definition) is 1. The van der Waals surface area contributed by atoms with E-state index in [1.54, 1.807) is 36.1 Å². The molecule has 5 nitrogen and oxygen atoms in total. The van der Waals surface area contributed by atoms with Crippen LogP contribution in [0, 0.1) is 5.92 Å². The summed E-state index contributed by atoms with van der Waals surface area (Å²) in [5.41, 5.74) is 6.88. The second-order valence-corrected chi connectivity index (χ2v) is 4.94.